The summed E-state index contributed by atoms with van der Waals surface area (Å²) >= 11 is 0. The van der Waals surface area contributed by atoms with Crippen LogP contribution in [-0.2, 0) is 11.2 Å². The van der Waals surface area contributed by atoms with Crippen LogP contribution in [0.15, 0.2) is 79.4 Å². The average Bonchev–Trinajstić information content (AvgIpc) is 2.72. The predicted molar refractivity (Wildman–Crippen MR) is 117 cm³/mol. The fraction of sp³-hybridized carbons (Fsp3) is 0.115. The van der Waals surface area contributed by atoms with Crippen LogP contribution >= 0.6 is 0 Å². The standard InChI is InChI=1S/C26H22O2/c1-17(2)25-16-20-7-5-4-6-19(20)15-24(25)13-18-8-9-22-14-23(26(27)28-3)11-10-21(22)12-18/h4-12,14-16H,1,13H2,2-3H3. The zero-order valence-corrected chi connectivity index (χ0v) is 16.2. The van der Waals surface area contributed by atoms with E-state index < -0.39 is 0 Å². The molecule has 0 heterocycles. The number of hydrogen-bond donors (Lipinski definition) is 0. The van der Waals surface area contributed by atoms with Crippen molar-refractivity contribution in [2.45, 2.75) is 13.3 Å². The molecule has 0 aliphatic carbocycles. The second-order valence-corrected chi connectivity index (χ2v) is 7.20. The maximum absolute atomic E-state index is 11.7. The largest absolute Gasteiger partial charge is 0.465 e. The third-order valence-corrected chi connectivity index (χ3v) is 5.15. The Balaban J connectivity index is 1.74. The van der Waals surface area contributed by atoms with E-state index in [4.69, 9.17) is 4.74 Å². The van der Waals surface area contributed by atoms with E-state index in [9.17, 15) is 4.79 Å². The Bertz CT molecular complexity index is 1220. The molecule has 0 saturated heterocycles. The molecular formula is C26H22O2. The number of rotatable bonds is 4. The number of benzene rings is 4. The summed E-state index contributed by atoms with van der Waals surface area (Å²) in [4.78, 5) is 11.7. The quantitative estimate of drug-likeness (QED) is 0.390. The highest BCUT2D eigenvalue weighted by atomic mass is 16.5. The third kappa shape index (κ3) is 3.41. The van der Waals surface area contributed by atoms with E-state index in [1.807, 2.05) is 18.2 Å². The van der Waals surface area contributed by atoms with E-state index in [0.29, 0.717) is 5.56 Å². The van der Waals surface area contributed by atoms with E-state index in [0.717, 1.165) is 22.8 Å². The van der Waals surface area contributed by atoms with Crippen LogP contribution in [-0.4, -0.2) is 13.1 Å². The first-order chi connectivity index (χ1) is 13.5. The number of fused-ring (bicyclic) bond motifs is 2. The lowest BCUT2D eigenvalue weighted by molar-refractivity contribution is 0.0601. The van der Waals surface area contributed by atoms with Gasteiger partial charge in [0.2, 0.25) is 0 Å². The van der Waals surface area contributed by atoms with E-state index in [-0.39, 0.29) is 5.97 Å². The molecule has 0 spiro atoms. The summed E-state index contributed by atoms with van der Waals surface area (Å²) in [5, 5.41) is 4.62. The van der Waals surface area contributed by atoms with Crippen molar-refractivity contribution in [3.05, 3.63) is 102 Å². The third-order valence-electron chi connectivity index (χ3n) is 5.15. The molecule has 0 aliphatic heterocycles. The normalized spacial score (nSPS) is 10.9. The van der Waals surface area contributed by atoms with Crippen molar-refractivity contribution in [3.63, 3.8) is 0 Å². The van der Waals surface area contributed by atoms with Crippen molar-refractivity contribution >= 4 is 33.1 Å². The van der Waals surface area contributed by atoms with Gasteiger partial charge in [0.25, 0.3) is 0 Å². The van der Waals surface area contributed by atoms with Crippen molar-refractivity contribution in [1.82, 2.24) is 0 Å². The fourth-order valence-electron chi connectivity index (χ4n) is 3.70. The molecule has 138 valence electrons. The van der Waals surface area contributed by atoms with Crippen LogP contribution in [0.25, 0.3) is 27.1 Å². The number of allylic oxidation sites excluding steroid dienone is 1. The van der Waals surface area contributed by atoms with Gasteiger partial charge in [0.1, 0.15) is 0 Å². The minimum Gasteiger partial charge on any atom is -0.465 e. The highest BCUT2D eigenvalue weighted by Gasteiger charge is 2.09. The van der Waals surface area contributed by atoms with Gasteiger partial charge in [-0.1, -0.05) is 66.7 Å². The topological polar surface area (TPSA) is 26.3 Å². The molecule has 2 nitrogen and oxygen atoms in total. The van der Waals surface area contributed by atoms with Crippen molar-refractivity contribution in [3.8, 4) is 0 Å². The van der Waals surface area contributed by atoms with Gasteiger partial charge in [0.05, 0.1) is 12.7 Å². The Labute approximate surface area is 165 Å². The van der Waals surface area contributed by atoms with Gasteiger partial charge < -0.3 is 4.74 Å². The molecule has 0 aromatic heterocycles. The zero-order valence-electron chi connectivity index (χ0n) is 16.2. The molecule has 4 rings (SSSR count). The van der Waals surface area contributed by atoms with Crippen molar-refractivity contribution in [2.24, 2.45) is 0 Å². The van der Waals surface area contributed by atoms with Gasteiger partial charge in [-0.2, -0.15) is 0 Å². The van der Waals surface area contributed by atoms with Crippen LogP contribution in [0.2, 0.25) is 0 Å². The molecule has 0 atom stereocenters. The maximum atomic E-state index is 11.7. The zero-order chi connectivity index (χ0) is 19.7. The molecule has 0 aliphatic rings. The van der Waals surface area contributed by atoms with Gasteiger partial charge in [-0.15, -0.1) is 0 Å². The van der Waals surface area contributed by atoms with Crippen molar-refractivity contribution < 1.29 is 9.53 Å². The number of hydrogen-bond acceptors (Lipinski definition) is 2. The number of ether oxygens (including phenoxy) is 1. The SMILES string of the molecule is C=C(C)c1cc2ccccc2cc1Cc1ccc2cc(C(=O)OC)ccc2c1. The monoisotopic (exact) mass is 366 g/mol. The Morgan fingerprint density at radius 3 is 2.21 bits per heavy atom. The van der Waals surface area contributed by atoms with Gasteiger partial charge in [-0.25, -0.2) is 4.79 Å². The van der Waals surface area contributed by atoms with E-state index in [1.165, 1.54) is 34.6 Å². The minimum absolute atomic E-state index is 0.312. The van der Waals surface area contributed by atoms with Crippen LogP contribution in [0, 0.1) is 0 Å². The first-order valence-corrected chi connectivity index (χ1v) is 9.34. The molecule has 0 unspecified atom stereocenters. The highest BCUT2D eigenvalue weighted by molar-refractivity contribution is 5.95. The van der Waals surface area contributed by atoms with E-state index in [2.05, 4.69) is 68.1 Å². The first kappa shape index (κ1) is 18.0. The van der Waals surface area contributed by atoms with Gasteiger partial charge >= 0.3 is 5.97 Å². The molecule has 2 heteroatoms. The lowest BCUT2D eigenvalue weighted by atomic mass is 9.92. The van der Waals surface area contributed by atoms with Crippen LogP contribution in [0.4, 0.5) is 0 Å². The average molecular weight is 366 g/mol. The summed E-state index contributed by atoms with van der Waals surface area (Å²) in [5.74, 6) is -0.312. The first-order valence-electron chi connectivity index (χ1n) is 9.34. The predicted octanol–water partition coefficient (Wildman–Crippen LogP) is 6.40. The van der Waals surface area contributed by atoms with Crippen molar-refractivity contribution in [1.29, 1.82) is 0 Å². The molecular weight excluding hydrogens is 344 g/mol. The van der Waals surface area contributed by atoms with Gasteiger partial charge in [0.15, 0.2) is 0 Å². The Kier molecular flexibility index (Phi) is 4.70. The second-order valence-electron chi connectivity index (χ2n) is 7.20. The lowest BCUT2D eigenvalue weighted by Crippen LogP contribution is -2.00. The Hall–Kier alpha value is -3.39. The molecule has 0 amide bonds. The molecule has 4 aromatic rings. The summed E-state index contributed by atoms with van der Waals surface area (Å²) in [6.07, 6.45) is 0.835. The van der Waals surface area contributed by atoms with Crippen LogP contribution in [0.3, 0.4) is 0 Å². The molecule has 0 fully saturated rings. The summed E-state index contributed by atoms with van der Waals surface area (Å²) < 4.78 is 4.81. The van der Waals surface area contributed by atoms with Gasteiger partial charge in [0, 0.05) is 0 Å². The van der Waals surface area contributed by atoms with Crippen LogP contribution < -0.4 is 0 Å². The van der Waals surface area contributed by atoms with Gasteiger partial charge in [-0.3, -0.25) is 0 Å². The molecule has 0 bridgehead atoms. The maximum Gasteiger partial charge on any atom is 0.337 e. The second kappa shape index (κ2) is 7.32. The Morgan fingerprint density at radius 2 is 1.50 bits per heavy atom. The number of carbonyl (C=O) groups excluding carboxylic acids is 1. The lowest BCUT2D eigenvalue weighted by Gasteiger charge is -2.13. The Morgan fingerprint density at radius 1 is 0.857 bits per heavy atom. The van der Waals surface area contributed by atoms with E-state index in [1.54, 1.807) is 0 Å². The minimum atomic E-state index is -0.312. The smallest absolute Gasteiger partial charge is 0.337 e. The van der Waals surface area contributed by atoms with E-state index >= 15 is 0 Å². The van der Waals surface area contributed by atoms with Gasteiger partial charge in [-0.05, 0) is 69.8 Å². The molecule has 28 heavy (non-hydrogen) atoms. The summed E-state index contributed by atoms with van der Waals surface area (Å²) in [5.41, 5.74) is 5.36. The molecule has 0 saturated carbocycles. The van der Waals surface area contributed by atoms with Crippen molar-refractivity contribution in [2.75, 3.05) is 7.11 Å². The molecule has 4 aromatic carbocycles. The number of esters is 1. The van der Waals surface area contributed by atoms with Crippen LogP contribution in [0.5, 0.6) is 0 Å². The summed E-state index contributed by atoms with van der Waals surface area (Å²) in [7, 11) is 1.40. The molecule has 0 N–H and O–H groups in total. The highest BCUT2D eigenvalue weighted by Crippen LogP contribution is 2.28. The number of carbonyl (C=O) groups is 1. The number of methoxy groups -OCH3 is 1. The summed E-state index contributed by atoms with van der Waals surface area (Å²) in [6, 6.07) is 25.0. The fourth-order valence-corrected chi connectivity index (χ4v) is 3.70. The summed E-state index contributed by atoms with van der Waals surface area (Å²) in [6.45, 7) is 6.23. The molecule has 0 radical (unpaired) electrons. The van der Waals surface area contributed by atoms with Crippen LogP contribution in [0.1, 0.15) is 34.0 Å².